The lowest BCUT2D eigenvalue weighted by molar-refractivity contribution is -0.414. The van der Waals surface area contributed by atoms with E-state index in [0.717, 1.165) is 92.9 Å². The predicted octanol–water partition coefficient (Wildman–Crippen LogP) is 11.8. The molecule has 0 aliphatic carbocycles. The summed E-state index contributed by atoms with van der Waals surface area (Å²) in [6, 6.07) is 39.7. The Bertz CT molecular complexity index is 2430. The average Bonchev–Trinajstić information content (AvgIpc) is 3.92. The van der Waals surface area contributed by atoms with E-state index in [1.54, 1.807) is 0 Å². The number of hydrogen-bond acceptors (Lipinski definition) is 15. The first kappa shape index (κ1) is 59.0. The monoisotopic (exact) mass is 1110 g/mol. The molecule has 6 fully saturated rings. The topological polar surface area (TPSA) is 146 Å². The number of benzene rings is 4. The van der Waals surface area contributed by atoms with Crippen LogP contribution in [-0.4, -0.2) is 117 Å². The van der Waals surface area contributed by atoms with Gasteiger partial charge in [-0.2, -0.15) is 0 Å². The maximum atomic E-state index is 14.5. The Hall–Kier alpha value is -4.17. The van der Waals surface area contributed by atoms with Crippen molar-refractivity contribution in [2.24, 2.45) is 0 Å². The summed E-state index contributed by atoms with van der Waals surface area (Å²) in [5.41, 5.74) is 3.68. The highest BCUT2D eigenvalue weighted by Crippen LogP contribution is 2.44. The van der Waals surface area contributed by atoms with Gasteiger partial charge in [0.15, 0.2) is 37.1 Å². The fourth-order valence-corrected chi connectivity index (χ4v) is 12.0. The van der Waals surface area contributed by atoms with Crippen molar-refractivity contribution in [1.29, 1.82) is 0 Å². The molecule has 6 saturated heterocycles. The molecule has 0 unspecified atom stereocenters. The second-order valence-electron chi connectivity index (χ2n) is 22.9. The molecular weight excluding hydrogens is 1020 g/mol. The molecule has 6 heterocycles. The van der Waals surface area contributed by atoms with E-state index in [2.05, 4.69) is 6.92 Å². The van der Waals surface area contributed by atoms with Gasteiger partial charge >= 0.3 is 5.97 Å². The molecule has 80 heavy (non-hydrogen) atoms. The second kappa shape index (κ2) is 28.9. The summed E-state index contributed by atoms with van der Waals surface area (Å²) < 4.78 is 98.0. The molecule has 0 N–H and O–H groups in total. The Balaban J connectivity index is 1.07. The molecule has 17 atom stereocenters. The molecule has 0 saturated carbocycles. The summed E-state index contributed by atoms with van der Waals surface area (Å²) in [6.45, 7) is 10.8. The van der Waals surface area contributed by atoms with Crippen molar-refractivity contribution >= 4 is 5.97 Å². The molecule has 0 amide bonds. The number of carbonyl (C=O) groups excluding carboxylic acids is 1. The van der Waals surface area contributed by atoms with Crippen LogP contribution < -0.4 is 0 Å². The van der Waals surface area contributed by atoms with Gasteiger partial charge in [0.2, 0.25) is 0 Å². The van der Waals surface area contributed by atoms with Gasteiger partial charge in [-0.25, -0.2) is 0 Å². The van der Waals surface area contributed by atoms with Crippen molar-refractivity contribution in [3.8, 4) is 0 Å². The normalized spacial score (nSPS) is 35.4. The number of carbonyl (C=O) groups is 1. The fraction of sp³-hybridized carbons (Fsp3) is 0.615. The van der Waals surface area contributed by atoms with Crippen LogP contribution in [0.5, 0.6) is 0 Å². The summed E-state index contributed by atoms with van der Waals surface area (Å²) in [5, 5.41) is 0. The van der Waals surface area contributed by atoms with Gasteiger partial charge in [-0.3, -0.25) is 4.79 Å². The largest absolute Gasteiger partial charge is 0.454 e. The Morgan fingerprint density at radius 1 is 0.500 bits per heavy atom. The molecule has 0 aromatic heterocycles. The van der Waals surface area contributed by atoms with Crippen LogP contribution in [-0.2, 0) is 90.9 Å². The number of ether oxygens (including phenoxy) is 14. The highest BCUT2D eigenvalue weighted by Gasteiger charge is 2.60. The Morgan fingerprint density at radius 3 is 1.69 bits per heavy atom. The van der Waals surface area contributed by atoms with Gasteiger partial charge in [0.25, 0.3) is 0 Å². The molecule has 15 heteroatoms. The van der Waals surface area contributed by atoms with E-state index in [0.29, 0.717) is 6.42 Å². The van der Waals surface area contributed by atoms with E-state index >= 15 is 0 Å². The molecule has 10 rings (SSSR count). The summed E-state index contributed by atoms with van der Waals surface area (Å²) in [7, 11) is 0. The second-order valence-corrected chi connectivity index (χ2v) is 22.9. The lowest BCUT2D eigenvalue weighted by Crippen LogP contribution is -2.68. The number of hydrogen-bond donors (Lipinski definition) is 0. The van der Waals surface area contributed by atoms with Crippen molar-refractivity contribution < 1.29 is 71.1 Å². The van der Waals surface area contributed by atoms with Gasteiger partial charge in [0.1, 0.15) is 54.9 Å². The summed E-state index contributed by atoms with van der Waals surface area (Å²) in [4.78, 5) is 14.5. The zero-order chi connectivity index (χ0) is 55.3. The maximum Gasteiger partial charge on any atom is 0.306 e. The van der Waals surface area contributed by atoms with Gasteiger partial charge < -0.3 is 66.3 Å². The van der Waals surface area contributed by atoms with Crippen LogP contribution in [0.4, 0.5) is 0 Å². The number of fused-ring (bicyclic) bond motifs is 6. The molecule has 436 valence electrons. The molecule has 6 aliphatic rings. The third-order valence-electron chi connectivity index (χ3n) is 16.2. The van der Waals surface area contributed by atoms with Gasteiger partial charge in [0, 0.05) is 12.0 Å². The number of rotatable bonds is 14. The number of esters is 1. The zero-order valence-electron chi connectivity index (χ0n) is 47.5. The van der Waals surface area contributed by atoms with Crippen LogP contribution in [0.2, 0.25) is 0 Å². The number of unbranched alkanes of at least 4 members (excludes halogenated alkanes) is 2. The van der Waals surface area contributed by atoms with E-state index < -0.39 is 104 Å². The van der Waals surface area contributed by atoms with E-state index in [-0.39, 0.29) is 44.9 Å². The lowest BCUT2D eigenvalue weighted by atomic mass is 9.95. The summed E-state index contributed by atoms with van der Waals surface area (Å²) in [6.07, 6.45) is -1.49. The zero-order valence-corrected chi connectivity index (χ0v) is 47.5. The quantitative estimate of drug-likeness (QED) is 0.0871. The summed E-state index contributed by atoms with van der Waals surface area (Å²) >= 11 is 0. The van der Waals surface area contributed by atoms with Crippen molar-refractivity contribution in [2.45, 2.75) is 248 Å². The summed E-state index contributed by atoms with van der Waals surface area (Å²) in [5.74, 6) is -1.35. The molecule has 0 spiro atoms. The average molecular weight is 1110 g/mol. The van der Waals surface area contributed by atoms with Crippen molar-refractivity contribution in [2.75, 3.05) is 6.61 Å². The van der Waals surface area contributed by atoms with Crippen molar-refractivity contribution in [3.63, 3.8) is 0 Å². The first-order chi connectivity index (χ1) is 39.1. The minimum absolute atomic E-state index is 0.0996. The molecule has 4 aromatic carbocycles. The Morgan fingerprint density at radius 2 is 1.04 bits per heavy atom. The van der Waals surface area contributed by atoms with Gasteiger partial charge in [-0.05, 0) is 63.6 Å². The van der Waals surface area contributed by atoms with Gasteiger partial charge in [-0.15, -0.1) is 0 Å². The molecular formula is C65H86O15. The fourth-order valence-electron chi connectivity index (χ4n) is 12.0. The third kappa shape index (κ3) is 15.5. The third-order valence-corrected chi connectivity index (χ3v) is 16.2. The van der Waals surface area contributed by atoms with Crippen LogP contribution in [0.15, 0.2) is 121 Å². The molecule has 4 aromatic rings. The molecule has 0 bridgehead atoms. The van der Waals surface area contributed by atoms with Crippen LogP contribution in [0.25, 0.3) is 0 Å². The standard InChI is InChI=1S/C65H86O15/c1-6-7-17-36-49-37-26-11-9-8-10-12-27-38-51(66)75-58-55(68-40-46-30-20-14-21-31-46)52(67-39-45-28-18-13-19-29-45)43(2)71-63(58)77-59-56(69-41-47-32-22-15-23-33-47)54-50(42-70-61(76-54)48-34-24-16-25-35-48)74-64(59)78-60-57-53(79-65(4,5)80-57)44(3)72-62(60)73-49/h13-16,18-25,28-35,43-44,49-50,52-64H,6-12,17,26-27,36-42H2,1-5H3/t43-,44+,49-,50+,52-,53-,54+,55+,56-,57-,58-,59+,60-,61+,62+,63+,64-/m0/s1. The van der Waals surface area contributed by atoms with Gasteiger partial charge in [-0.1, -0.05) is 186 Å². The minimum Gasteiger partial charge on any atom is -0.454 e. The van der Waals surface area contributed by atoms with E-state index in [9.17, 15) is 4.79 Å². The van der Waals surface area contributed by atoms with E-state index in [4.69, 9.17) is 66.3 Å². The van der Waals surface area contributed by atoms with Crippen LogP contribution in [0.1, 0.15) is 147 Å². The van der Waals surface area contributed by atoms with E-state index in [1.807, 2.05) is 149 Å². The molecule has 15 nitrogen and oxygen atoms in total. The van der Waals surface area contributed by atoms with Crippen molar-refractivity contribution in [1.82, 2.24) is 0 Å². The molecule has 0 radical (unpaired) electrons. The van der Waals surface area contributed by atoms with E-state index in [1.165, 1.54) is 0 Å². The smallest absolute Gasteiger partial charge is 0.306 e. The highest BCUT2D eigenvalue weighted by molar-refractivity contribution is 5.69. The van der Waals surface area contributed by atoms with Gasteiger partial charge in [0.05, 0.1) is 44.7 Å². The lowest BCUT2D eigenvalue weighted by Gasteiger charge is -2.52. The van der Waals surface area contributed by atoms with Crippen LogP contribution >= 0.6 is 0 Å². The van der Waals surface area contributed by atoms with Crippen molar-refractivity contribution in [3.05, 3.63) is 144 Å². The SMILES string of the molecule is CCCCC[C@H]1CCCCCCCCCC(=O)O[C@@H]2[C@@H](O[C@H]3[C@H](O[C@@H]4[C@@H](O1)O[C@H](C)[C@@H]1OC(C)(C)O[C@H]41)O[C@@H]1CO[C@@H](c4ccccc4)O[C@H]1[C@@H]3OCc1ccccc1)O[C@@H](C)[C@H](OCc1ccccc1)[C@H]2OCc1ccccc1. The Labute approximate surface area is 473 Å². The van der Waals surface area contributed by atoms with Crippen LogP contribution in [0.3, 0.4) is 0 Å². The first-order valence-corrected chi connectivity index (χ1v) is 29.9. The first-order valence-electron chi connectivity index (χ1n) is 29.9. The maximum absolute atomic E-state index is 14.5. The van der Waals surface area contributed by atoms with Crippen LogP contribution in [0, 0.1) is 0 Å². The predicted molar refractivity (Wildman–Crippen MR) is 296 cm³/mol. The molecule has 6 aliphatic heterocycles. The highest BCUT2D eigenvalue weighted by atomic mass is 16.8. The minimum atomic E-state index is -1.26. The Kier molecular flexibility index (Phi) is 21.3.